The fourth-order valence-electron chi connectivity index (χ4n) is 2.98. The molecule has 1 aromatic rings. The van der Waals surface area contributed by atoms with Gasteiger partial charge in [0.15, 0.2) is 5.96 Å². The van der Waals surface area contributed by atoms with Crippen molar-refractivity contribution < 1.29 is 0 Å². The van der Waals surface area contributed by atoms with E-state index < -0.39 is 0 Å². The zero-order valence-electron chi connectivity index (χ0n) is 14.3. The summed E-state index contributed by atoms with van der Waals surface area (Å²) in [5, 5.41) is 3.93. The maximum atomic E-state index is 5.82. The number of hydrogen-bond donors (Lipinski definition) is 1. The second-order valence-corrected chi connectivity index (χ2v) is 6.78. The molecule has 23 heavy (non-hydrogen) atoms. The van der Waals surface area contributed by atoms with Gasteiger partial charge in [-0.2, -0.15) is 0 Å². The molecule has 130 valence electrons. The number of hydrogen-bond acceptors (Lipinski definition) is 2. The largest absolute Gasteiger partial charge is 0.357 e. The van der Waals surface area contributed by atoms with Gasteiger partial charge in [-0.15, -0.1) is 24.0 Å². The first-order valence-corrected chi connectivity index (χ1v) is 8.60. The molecule has 1 fully saturated rings. The second kappa shape index (κ2) is 10.3. The van der Waals surface area contributed by atoms with Gasteiger partial charge in [0.2, 0.25) is 0 Å². The van der Waals surface area contributed by atoms with Gasteiger partial charge in [-0.05, 0) is 43.2 Å². The van der Waals surface area contributed by atoms with Gasteiger partial charge < -0.3 is 10.2 Å². The molecular weight excluding hydrogens is 423 g/mol. The maximum Gasteiger partial charge on any atom is 0.194 e. The molecule has 1 aromatic heterocycles. The van der Waals surface area contributed by atoms with Crippen LogP contribution in [0.5, 0.6) is 0 Å². The Labute approximate surface area is 162 Å². The summed E-state index contributed by atoms with van der Waals surface area (Å²) < 4.78 is 0. The Balaban J connectivity index is 0.00000264. The molecule has 6 heteroatoms. The number of guanidine groups is 1. The van der Waals surface area contributed by atoms with Crippen molar-refractivity contribution in [3.05, 3.63) is 29.0 Å². The summed E-state index contributed by atoms with van der Waals surface area (Å²) in [6, 6.07) is 3.79. The number of aliphatic imine (C=N–C) groups is 1. The van der Waals surface area contributed by atoms with Gasteiger partial charge in [0, 0.05) is 25.8 Å². The van der Waals surface area contributed by atoms with Gasteiger partial charge in [-0.1, -0.05) is 31.5 Å². The number of rotatable bonds is 5. The molecule has 1 aliphatic heterocycles. The molecule has 2 rings (SSSR count). The molecule has 1 N–H and O–H groups in total. The van der Waals surface area contributed by atoms with Gasteiger partial charge >= 0.3 is 0 Å². The van der Waals surface area contributed by atoms with Gasteiger partial charge in [-0.3, -0.25) is 0 Å². The summed E-state index contributed by atoms with van der Waals surface area (Å²) in [6.07, 6.45) is 4.36. The molecule has 1 unspecified atom stereocenters. The van der Waals surface area contributed by atoms with Crippen LogP contribution in [0.3, 0.4) is 0 Å². The Bertz CT molecular complexity index is 490. The SMILES string of the molecule is CCNC(=NCc1ccc(Cl)nc1)N1CCC(CC(C)C)C1.I. The lowest BCUT2D eigenvalue weighted by molar-refractivity contribution is 0.403. The van der Waals surface area contributed by atoms with Crippen LogP contribution >= 0.6 is 35.6 Å². The molecular formula is C17H28ClIN4. The first kappa shape index (κ1) is 20.5. The first-order chi connectivity index (χ1) is 10.6. The van der Waals surface area contributed by atoms with Crippen molar-refractivity contribution in [1.82, 2.24) is 15.2 Å². The molecule has 1 atom stereocenters. The van der Waals surface area contributed by atoms with Crippen LogP contribution in [0.2, 0.25) is 5.15 Å². The van der Waals surface area contributed by atoms with E-state index in [-0.39, 0.29) is 24.0 Å². The number of nitrogens with one attached hydrogen (secondary N) is 1. The standard InChI is InChI=1S/C17H27ClN4.HI/c1-4-19-17(21-11-15-5-6-16(18)20-10-15)22-8-7-14(12-22)9-13(2)3;/h5-6,10,13-14H,4,7-9,11-12H2,1-3H3,(H,19,21);1H. The highest BCUT2D eigenvalue weighted by Crippen LogP contribution is 2.23. The Morgan fingerprint density at radius 2 is 2.26 bits per heavy atom. The van der Waals surface area contributed by atoms with Crippen molar-refractivity contribution in [2.75, 3.05) is 19.6 Å². The normalized spacial score (nSPS) is 18.2. The summed E-state index contributed by atoms with van der Waals surface area (Å²) >= 11 is 5.82. The molecule has 1 aliphatic rings. The van der Waals surface area contributed by atoms with Crippen molar-refractivity contribution in [3.8, 4) is 0 Å². The monoisotopic (exact) mass is 450 g/mol. The van der Waals surface area contributed by atoms with E-state index in [2.05, 4.69) is 36.0 Å². The molecule has 4 nitrogen and oxygen atoms in total. The fraction of sp³-hybridized carbons (Fsp3) is 0.647. The van der Waals surface area contributed by atoms with Crippen LogP contribution in [-0.4, -0.2) is 35.5 Å². The van der Waals surface area contributed by atoms with E-state index in [1.54, 1.807) is 6.20 Å². The lowest BCUT2D eigenvalue weighted by Crippen LogP contribution is -2.40. The van der Waals surface area contributed by atoms with Crippen LogP contribution < -0.4 is 5.32 Å². The highest BCUT2D eigenvalue weighted by atomic mass is 127. The van der Waals surface area contributed by atoms with Crippen molar-refractivity contribution in [2.24, 2.45) is 16.8 Å². The zero-order valence-corrected chi connectivity index (χ0v) is 17.3. The average Bonchev–Trinajstić information content (AvgIpc) is 2.92. The molecule has 0 bridgehead atoms. The molecule has 0 aromatic carbocycles. The topological polar surface area (TPSA) is 40.5 Å². The van der Waals surface area contributed by atoms with E-state index in [0.29, 0.717) is 11.7 Å². The summed E-state index contributed by atoms with van der Waals surface area (Å²) in [5.74, 6) is 2.58. The summed E-state index contributed by atoms with van der Waals surface area (Å²) in [5.41, 5.74) is 1.08. The van der Waals surface area contributed by atoms with Crippen molar-refractivity contribution in [2.45, 2.75) is 40.2 Å². The first-order valence-electron chi connectivity index (χ1n) is 8.22. The van der Waals surface area contributed by atoms with E-state index >= 15 is 0 Å². The van der Waals surface area contributed by atoms with Crippen molar-refractivity contribution in [3.63, 3.8) is 0 Å². The summed E-state index contributed by atoms with van der Waals surface area (Å²) in [4.78, 5) is 11.3. The predicted molar refractivity (Wildman–Crippen MR) is 109 cm³/mol. The third-order valence-electron chi connectivity index (χ3n) is 3.93. The van der Waals surface area contributed by atoms with Gasteiger partial charge in [0.1, 0.15) is 5.15 Å². The number of pyridine rings is 1. The van der Waals surface area contributed by atoms with Crippen LogP contribution in [0.4, 0.5) is 0 Å². The minimum Gasteiger partial charge on any atom is -0.357 e. The Morgan fingerprint density at radius 1 is 1.48 bits per heavy atom. The van der Waals surface area contributed by atoms with Crippen LogP contribution in [0.15, 0.2) is 23.3 Å². The average molecular weight is 451 g/mol. The lowest BCUT2D eigenvalue weighted by Gasteiger charge is -2.22. The lowest BCUT2D eigenvalue weighted by atomic mass is 9.97. The fourth-order valence-corrected chi connectivity index (χ4v) is 3.09. The minimum atomic E-state index is 0. The van der Waals surface area contributed by atoms with E-state index in [0.717, 1.165) is 43.0 Å². The highest BCUT2D eigenvalue weighted by Gasteiger charge is 2.25. The molecule has 0 spiro atoms. The summed E-state index contributed by atoms with van der Waals surface area (Å²) in [6.45, 7) is 10.5. The number of halogens is 2. The molecule has 0 aliphatic carbocycles. The Hall–Kier alpha value is -0.560. The minimum absolute atomic E-state index is 0. The molecule has 0 saturated carbocycles. The smallest absolute Gasteiger partial charge is 0.194 e. The van der Waals surface area contributed by atoms with E-state index in [1.807, 2.05) is 12.1 Å². The Morgan fingerprint density at radius 3 is 2.87 bits per heavy atom. The third-order valence-corrected chi connectivity index (χ3v) is 4.15. The van der Waals surface area contributed by atoms with E-state index in [9.17, 15) is 0 Å². The summed E-state index contributed by atoms with van der Waals surface area (Å²) in [7, 11) is 0. The Kier molecular flexibility index (Phi) is 9.20. The zero-order chi connectivity index (χ0) is 15.9. The van der Waals surface area contributed by atoms with Crippen LogP contribution in [0.1, 0.15) is 39.2 Å². The van der Waals surface area contributed by atoms with Gasteiger partial charge in [0.05, 0.1) is 6.54 Å². The maximum absolute atomic E-state index is 5.82. The van der Waals surface area contributed by atoms with Crippen LogP contribution in [0.25, 0.3) is 0 Å². The molecule has 0 amide bonds. The highest BCUT2D eigenvalue weighted by molar-refractivity contribution is 14.0. The van der Waals surface area contributed by atoms with Gasteiger partial charge in [0.25, 0.3) is 0 Å². The predicted octanol–water partition coefficient (Wildman–Crippen LogP) is 4.19. The van der Waals surface area contributed by atoms with Crippen molar-refractivity contribution in [1.29, 1.82) is 0 Å². The van der Waals surface area contributed by atoms with Crippen LogP contribution in [-0.2, 0) is 6.54 Å². The number of likely N-dealkylation sites (tertiary alicyclic amines) is 1. The number of aromatic nitrogens is 1. The van der Waals surface area contributed by atoms with Crippen molar-refractivity contribution >= 4 is 41.5 Å². The molecule has 2 heterocycles. The third kappa shape index (κ3) is 6.83. The van der Waals surface area contributed by atoms with Gasteiger partial charge in [-0.25, -0.2) is 9.98 Å². The second-order valence-electron chi connectivity index (χ2n) is 6.39. The number of nitrogens with zero attached hydrogens (tertiary/aromatic N) is 3. The van der Waals surface area contributed by atoms with E-state index in [1.165, 1.54) is 12.8 Å². The quantitative estimate of drug-likeness (QED) is 0.316. The van der Waals surface area contributed by atoms with E-state index in [4.69, 9.17) is 16.6 Å². The molecule has 0 radical (unpaired) electrons. The molecule has 1 saturated heterocycles. The van der Waals surface area contributed by atoms with Crippen LogP contribution in [0, 0.1) is 11.8 Å².